The number of hydrogen-bond acceptors (Lipinski definition) is 5. The van der Waals surface area contributed by atoms with Crippen molar-refractivity contribution in [2.45, 2.75) is 51.2 Å². The number of fused-ring (bicyclic) bond motifs is 1. The van der Waals surface area contributed by atoms with Crippen LogP contribution in [0.3, 0.4) is 0 Å². The Labute approximate surface area is 235 Å². The van der Waals surface area contributed by atoms with Gasteiger partial charge in [-0.3, -0.25) is 9.69 Å². The molecule has 0 N–H and O–H groups in total. The number of benzene rings is 2. The van der Waals surface area contributed by atoms with Crippen molar-refractivity contribution in [3.63, 3.8) is 0 Å². The monoisotopic (exact) mass is 556 g/mol. The number of nitrogens with zero attached hydrogens (tertiary/aromatic N) is 4. The van der Waals surface area contributed by atoms with Gasteiger partial charge in [0, 0.05) is 63.4 Å². The minimum absolute atomic E-state index is 0.116. The third-order valence-corrected chi connectivity index (χ3v) is 8.27. The number of anilines is 1. The summed E-state index contributed by atoms with van der Waals surface area (Å²) in [5, 5.41) is 0.749. The Hall–Kier alpha value is -2.84. The van der Waals surface area contributed by atoms with Crippen molar-refractivity contribution < 1.29 is 18.7 Å². The Morgan fingerprint density at radius 2 is 1.59 bits per heavy atom. The first-order valence-electron chi connectivity index (χ1n) is 13.9. The third-order valence-electron chi connectivity index (χ3n) is 8.02. The zero-order valence-corrected chi connectivity index (χ0v) is 23.8. The molecule has 2 aromatic rings. The van der Waals surface area contributed by atoms with E-state index in [4.69, 9.17) is 16.3 Å². The van der Waals surface area contributed by atoms with E-state index in [1.165, 1.54) is 5.56 Å². The fraction of sp³-hybridized carbons (Fsp3) is 0.533. The zero-order chi connectivity index (χ0) is 27.7. The molecule has 3 aliphatic rings. The van der Waals surface area contributed by atoms with Crippen molar-refractivity contribution in [1.82, 2.24) is 14.7 Å². The second kappa shape index (κ2) is 11.3. The number of carbonyl (C=O) groups is 2. The molecule has 0 saturated carbocycles. The summed E-state index contributed by atoms with van der Waals surface area (Å²) in [6, 6.07) is 13.5. The molecule has 3 saturated heterocycles. The molecule has 39 heavy (non-hydrogen) atoms. The highest BCUT2D eigenvalue weighted by atomic mass is 35.5. The van der Waals surface area contributed by atoms with Crippen LogP contribution in [0, 0.1) is 5.82 Å². The van der Waals surface area contributed by atoms with E-state index in [2.05, 4.69) is 17.0 Å². The van der Waals surface area contributed by atoms with Gasteiger partial charge in [0.15, 0.2) is 5.82 Å². The highest BCUT2D eigenvalue weighted by Gasteiger charge is 2.36. The van der Waals surface area contributed by atoms with Crippen LogP contribution in [0.5, 0.6) is 0 Å². The summed E-state index contributed by atoms with van der Waals surface area (Å²) < 4.78 is 21.2. The summed E-state index contributed by atoms with van der Waals surface area (Å²) in [4.78, 5) is 33.7. The number of carbonyl (C=O) groups excluding carboxylic acids is 2. The Bertz CT molecular complexity index is 1190. The molecule has 2 aromatic carbocycles. The molecular weight excluding hydrogens is 519 g/mol. The Morgan fingerprint density at radius 1 is 0.897 bits per heavy atom. The first-order valence-corrected chi connectivity index (χ1v) is 14.3. The van der Waals surface area contributed by atoms with Crippen molar-refractivity contribution in [1.29, 1.82) is 0 Å². The highest BCUT2D eigenvalue weighted by Crippen LogP contribution is 2.33. The Kier molecular flexibility index (Phi) is 8.06. The lowest BCUT2D eigenvalue weighted by molar-refractivity contribution is 0.0240. The SMILES string of the molecule is CC(C)(C)OC(=O)N1CCN(c2cccc(C(=O)N3CCN4C[C@@H](c5ccc(Cl)cc5)CC[C@@H]4C3)c2F)CC1. The van der Waals surface area contributed by atoms with Crippen LogP contribution in [0.1, 0.15) is 55.5 Å². The number of amides is 2. The summed E-state index contributed by atoms with van der Waals surface area (Å²) in [5.41, 5.74) is 1.27. The fourth-order valence-corrected chi connectivity index (χ4v) is 6.05. The number of piperazine rings is 2. The maximum absolute atomic E-state index is 15.7. The van der Waals surface area contributed by atoms with Crippen LogP contribution in [0.2, 0.25) is 5.02 Å². The lowest BCUT2D eigenvalue weighted by Crippen LogP contribution is -2.57. The molecule has 7 nitrogen and oxygen atoms in total. The molecule has 2 atom stereocenters. The predicted octanol–water partition coefficient (Wildman–Crippen LogP) is 5.24. The van der Waals surface area contributed by atoms with E-state index >= 15 is 4.39 Å². The van der Waals surface area contributed by atoms with Crippen molar-refractivity contribution in [3.8, 4) is 0 Å². The topological polar surface area (TPSA) is 56.3 Å². The molecule has 0 bridgehead atoms. The lowest BCUT2D eigenvalue weighted by atomic mass is 9.86. The largest absolute Gasteiger partial charge is 0.444 e. The summed E-state index contributed by atoms with van der Waals surface area (Å²) in [7, 11) is 0. The van der Waals surface area contributed by atoms with Crippen LogP contribution in [0.25, 0.3) is 0 Å². The number of piperidine rings is 1. The van der Waals surface area contributed by atoms with E-state index < -0.39 is 11.4 Å². The van der Waals surface area contributed by atoms with Gasteiger partial charge < -0.3 is 19.4 Å². The molecule has 210 valence electrons. The third kappa shape index (κ3) is 6.33. The summed E-state index contributed by atoms with van der Waals surface area (Å²) in [6.07, 6.45) is 1.71. The number of halogens is 2. The number of rotatable bonds is 3. The Balaban J connectivity index is 1.19. The highest BCUT2D eigenvalue weighted by molar-refractivity contribution is 6.30. The van der Waals surface area contributed by atoms with Gasteiger partial charge in [-0.1, -0.05) is 29.8 Å². The van der Waals surface area contributed by atoms with E-state index in [0.717, 1.165) is 31.0 Å². The smallest absolute Gasteiger partial charge is 0.410 e. The van der Waals surface area contributed by atoms with Gasteiger partial charge in [-0.2, -0.15) is 0 Å². The van der Waals surface area contributed by atoms with Crippen LogP contribution in [-0.4, -0.2) is 90.7 Å². The van der Waals surface area contributed by atoms with Crippen LogP contribution in [0.15, 0.2) is 42.5 Å². The van der Waals surface area contributed by atoms with E-state index in [-0.39, 0.29) is 17.6 Å². The quantitative estimate of drug-likeness (QED) is 0.517. The van der Waals surface area contributed by atoms with Gasteiger partial charge in [0.05, 0.1) is 11.3 Å². The first kappa shape index (κ1) is 27.7. The molecule has 3 aliphatic heterocycles. The van der Waals surface area contributed by atoms with E-state index in [1.54, 1.807) is 23.1 Å². The van der Waals surface area contributed by atoms with Gasteiger partial charge in [-0.25, -0.2) is 9.18 Å². The van der Waals surface area contributed by atoms with E-state index in [1.807, 2.05) is 42.7 Å². The minimum Gasteiger partial charge on any atom is -0.444 e. The van der Waals surface area contributed by atoms with E-state index in [9.17, 15) is 9.59 Å². The van der Waals surface area contributed by atoms with E-state index in [0.29, 0.717) is 56.9 Å². The van der Waals surface area contributed by atoms with Gasteiger partial charge in [0.25, 0.3) is 5.91 Å². The Morgan fingerprint density at radius 3 is 2.28 bits per heavy atom. The molecule has 0 spiro atoms. The summed E-state index contributed by atoms with van der Waals surface area (Å²) in [6.45, 7) is 10.3. The second-order valence-corrected chi connectivity index (χ2v) is 12.3. The normalized spacial score (nSPS) is 22.4. The molecule has 0 aromatic heterocycles. The average Bonchev–Trinajstić information content (AvgIpc) is 2.92. The van der Waals surface area contributed by atoms with Crippen molar-refractivity contribution in [2.24, 2.45) is 0 Å². The molecule has 3 fully saturated rings. The van der Waals surface area contributed by atoms with Gasteiger partial charge in [-0.15, -0.1) is 0 Å². The van der Waals surface area contributed by atoms with Gasteiger partial charge in [0.1, 0.15) is 5.60 Å². The maximum atomic E-state index is 15.7. The van der Waals surface area contributed by atoms with Crippen LogP contribution >= 0.6 is 11.6 Å². The molecule has 0 radical (unpaired) electrons. The average molecular weight is 557 g/mol. The maximum Gasteiger partial charge on any atom is 0.410 e. The predicted molar refractivity (Wildman–Crippen MR) is 151 cm³/mol. The molecule has 5 rings (SSSR count). The van der Waals surface area contributed by atoms with Crippen molar-refractivity contribution in [3.05, 3.63) is 64.4 Å². The molecule has 3 heterocycles. The van der Waals surface area contributed by atoms with Gasteiger partial charge in [-0.05, 0) is 69.4 Å². The van der Waals surface area contributed by atoms with Crippen LogP contribution in [-0.2, 0) is 4.74 Å². The first-order chi connectivity index (χ1) is 18.6. The lowest BCUT2D eigenvalue weighted by Gasteiger charge is -2.46. The standard InChI is InChI=1S/C30H38ClFN4O3/c1-30(2,3)39-29(38)34-15-13-33(14-16-34)26-6-4-5-25(27(26)32)28(37)36-18-17-35-19-22(9-12-24(35)20-36)21-7-10-23(31)11-8-21/h4-8,10-11,22,24H,9,12-20H2,1-3H3/t22-,24+/m0/s1. The van der Waals surface area contributed by atoms with Gasteiger partial charge >= 0.3 is 6.09 Å². The summed E-state index contributed by atoms with van der Waals surface area (Å²) >= 11 is 6.06. The summed E-state index contributed by atoms with van der Waals surface area (Å²) in [5.74, 6) is -0.269. The fourth-order valence-electron chi connectivity index (χ4n) is 5.92. The van der Waals surface area contributed by atoms with Crippen LogP contribution < -0.4 is 4.90 Å². The van der Waals surface area contributed by atoms with Gasteiger partial charge in [0.2, 0.25) is 0 Å². The molecule has 0 unspecified atom stereocenters. The minimum atomic E-state index is -0.559. The number of hydrogen-bond donors (Lipinski definition) is 0. The zero-order valence-electron chi connectivity index (χ0n) is 23.0. The molecule has 2 amide bonds. The number of ether oxygens (including phenoxy) is 1. The van der Waals surface area contributed by atoms with Crippen LogP contribution in [0.4, 0.5) is 14.9 Å². The molecular formula is C30H38ClFN4O3. The molecule has 9 heteroatoms. The molecule has 0 aliphatic carbocycles. The second-order valence-electron chi connectivity index (χ2n) is 11.8. The van der Waals surface area contributed by atoms with Crippen molar-refractivity contribution >= 4 is 29.3 Å². The van der Waals surface area contributed by atoms with Crippen molar-refractivity contribution in [2.75, 3.05) is 57.3 Å².